The van der Waals surface area contributed by atoms with E-state index in [-0.39, 0.29) is 6.42 Å². The molecular formula is C13H15NO4. The lowest BCUT2D eigenvalue weighted by Crippen LogP contribution is -2.17. The largest absolute Gasteiger partial charge is 0.497 e. The molecule has 0 spiro atoms. The van der Waals surface area contributed by atoms with Crippen LogP contribution in [0.2, 0.25) is 0 Å². The van der Waals surface area contributed by atoms with Crippen LogP contribution in [0.15, 0.2) is 18.2 Å². The normalized spacial score (nSPS) is 11.2. The summed E-state index contributed by atoms with van der Waals surface area (Å²) in [5, 5.41) is 8.96. The number of methoxy groups -OCH3 is 3. The summed E-state index contributed by atoms with van der Waals surface area (Å²) < 4.78 is 14.9. The molecule has 0 heterocycles. The van der Waals surface area contributed by atoms with Crippen LogP contribution in [0.3, 0.4) is 0 Å². The number of carbonyl (C=O) groups is 1. The van der Waals surface area contributed by atoms with E-state index < -0.39 is 11.9 Å². The SMILES string of the molecule is COC(=O)C(C#N)Cc1cc(OC)ccc1OC. The maximum absolute atomic E-state index is 11.4. The highest BCUT2D eigenvalue weighted by Crippen LogP contribution is 2.26. The molecule has 0 aromatic heterocycles. The van der Waals surface area contributed by atoms with E-state index in [1.807, 2.05) is 6.07 Å². The fourth-order valence-electron chi connectivity index (χ4n) is 1.59. The van der Waals surface area contributed by atoms with Gasteiger partial charge in [0.25, 0.3) is 0 Å². The van der Waals surface area contributed by atoms with Crippen molar-refractivity contribution in [2.75, 3.05) is 21.3 Å². The van der Waals surface area contributed by atoms with E-state index >= 15 is 0 Å². The molecule has 0 aliphatic rings. The molecule has 18 heavy (non-hydrogen) atoms. The van der Waals surface area contributed by atoms with E-state index in [1.165, 1.54) is 14.2 Å². The predicted molar refractivity (Wildman–Crippen MR) is 64.4 cm³/mol. The molecule has 1 rings (SSSR count). The summed E-state index contributed by atoms with van der Waals surface area (Å²) in [4.78, 5) is 11.4. The third kappa shape index (κ3) is 3.14. The van der Waals surface area contributed by atoms with Gasteiger partial charge in [-0.1, -0.05) is 0 Å². The highest BCUT2D eigenvalue weighted by atomic mass is 16.5. The Labute approximate surface area is 106 Å². The minimum atomic E-state index is -0.851. The Morgan fingerprint density at radius 3 is 2.56 bits per heavy atom. The molecule has 0 aliphatic heterocycles. The van der Waals surface area contributed by atoms with Crippen LogP contribution in [0.5, 0.6) is 11.5 Å². The van der Waals surface area contributed by atoms with Crippen molar-refractivity contribution in [3.05, 3.63) is 23.8 Å². The highest BCUT2D eigenvalue weighted by Gasteiger charge is 2.21. The minimum Gasteiger partial charge on any atom is -0.497 e. The van der Waals surface area contributed by atoms with Crippen LogP contribution in [0.25, 0.3) is 0 Å². The molecule has 1 atom stereocenters. The predicted octanol–water partition coefficient (Wildman–Crippen LogP) is 1.56. The molecule has 0 amide bonds. The van der Waals surface area contributed by atoms with Crippen LogP contribution in [0, 0.1) is 17.2 Å². The molecular weight excluding hydrogens is 234 g/mol. The monoisotopic (exact) mass is 249 g/mol. The van der Waals surface area contributed by atoms with Gasteiger partial charge in [0.1, 0.15) is 17.4 Å². The molecule has 96 valence electrons. The number of nitriles is 1. The van der Waals surface area contributed by atoms with Crippen molar-refractivity contribution in [2.24, 2.45) is 5.92 Å². The lowest BCUT2D eigenvalue weighted by molar-refractivity contribution is -0.143. The Morgan fingerprint density at radius 1 is 1.33 bits per heavy atom. The second-order valence-electron chi connectivity index (χ2n) is 3.59. The van der Waals surface area contributed by atoms with Crippen molar-refractivity contribution in [2.45, 2.75) is 6.42 Å². The zero-order valence-electron chi connectivity index (χ0n) is 10.6. The van der Waals surface area contributed by atoms with Crippen LogP contribution in [-0.2, 0) is 16.0 Å². The number of hydrogen-bond acceptors (Lipinski definition) is 5. The molecule has 1 unspecified atom stereocenters. The Bertz CT molecular complexity index is 465. The van der Waals surface area contributed by atoms with Crippen LogP contribution in [0.1, 0.15) is 5.56 Å². The van der Waals surface area contributed by atoms with Crippen molar-refractivity contribution >= 4 is 5.97 Å². The average Bonchev–Trinajstić information content (AvgIpc) is 2.43. The summed E-state index contributed by atoms with van der Waals surface area (Å²) in [7, 11) is 4.34. The smallest absolute Gasteiger partial charge is 0.323 e. The van der Waals surface area contributed by atoms with Gasteiger partial charge in [0.15, 0.2) is 0 Å². The van der Waals surface area contributed by atoms with Crippen molar-refractivity contribution in [1.82, 2.24) is 0 Å². The van der Waals surface area contributed by atoms with E-state index in [0.29, 0.717) is 11.5 Å². The van der Waals surface area contributed by atoms with Gasteiger partial charge in [-0.15, -0.1) is 0 Å². The molecule has 5 heteroatoms. The fourth-order valence-corrected chi connectivity index (χ4v) is 1.59. The molecule has 1 aromatic rings. The van der Waals surface area contributed by atoms with Crippen molar-refractivity contribution < 1.29 is 19.0 Å². The molecule has 0 aliphatic carbocycles. The zero-order chi connectivity index (χ0) is 13.5. The number of rotatable bonds is 5. The van der Waals surface area contributed by atoms with Crippen molar-refractivity contribution in [3.8, 4) is 17.6 Å². The van der Waals surface area contributed by atoms with Crippen LogP contribution in [-0.4, -0.2) is 27.3 Å². The third-order valence-corrected chi connectivity index (χ3v) is 2.55. The fraction of sp³-hybridized carbons (Fsp3) is 0.385. The van der Waals surface area contributed by atoms with Gasteiger partial charge in [0, 0.05) is 6.42 Å². The van der Waals surface area contributed by atoms with Gasteiger partial charge in [-0.05, 0) is 23.8 Å². The molecule has 5 nitrogen and oxygen atoms in total. The topological polar surface area (TPSA) is 68.6 Å². The second-order valence-corrected chi connectivity index (χ2v) is 3.59. The number of benzene rings is 1. The Morgan fingerprint density at radius 2 is 2.06 bits per heavy atom. The molecule has 0 saturated carbocycles. The van der Waals surface area contributed by atoms with Gasteiger partial charge in [-0.25, -0.2) is 0 Å². The van der Waals surface area contributed by atoms with Crippen molar-refractivity contribution in [1.29, 1.82) is 5.26 Å². The summed E-state index contributed by atoms with van der Waals surface area (Å²) in [5.41, 5.74) is 0.730. The van der Waals surface area contributed by atoms with Crippen LogP contribution >= 0.6 is 0 Å². The lowest BCUT2D eigenvalue weighted by atomic mass is 9.99. The molecule has 0 fully saturated rings. The maximum Gasteiger partial charge on any atom is 0.323 e. The van der Waals surface area contributed by atoms with Crippen LogP contribution < -0.4 is 9.47 Å². The Hall–Kier alpha value is -2.22. The van der Waals surface area contributed by atoms with Gasteiger partial charge in [0.05, 0.1) is 27.4 Å². The number of carbonyl (C=O) groups excluding carboxylic acids is 1. The van der Waals surface area contributed by atoms with Crippen LogP contribution in [0.4, 0.5) is 0 Å². The lowest BCUT2D eigenvalue weighted by Gasteiger charge is -2.12. The first kappa shape index (κ1) is 13.8. The molecule has 0 saturated heterocycles. The van der Waals surface area contributed by atoms with E-state index in [9.17, 15) is 4.79 Å². The summed E-state index contributed by atoms with van der Waals surface area (Å²) in [6.45, 7) is 0. The average molecular weight is 249 g/mol. The quantitative estimate of drug-likeness (QED) is 0.741. The van der Waals surface area contributed by atoms with Gasteiger partial charge >= 0.3 is 5.97 Å². The van der Waals surface area contributed by atoms with Gasteiger partial charge in [-0.2, -0.15) is 5.26 Å². The Kier molecular flexibility index (Phi) is 5.00. The first-order chi connectivity index (χ1) is 8.65. The summed E-state index contributed by atoms with van der Waals surface area (Å²) in [6.07, 6.45) is 0.226. The van der Waals surface area contributed by atoms with Gasteiger partial charge < -0.3 is 14.2 Å². The first-order valence-corrected chi connectivity index (χ1v) is 5.34. The summed E-state index contributed by atoms with van der Waals surface area (Å²) in [5.74, 6) is -0.148. The van der Waals surface area contributed by atoms with Gasteiger partial charge in [-0.3, -0.25) is 4.79 Å². The number of ether oxygens (including phenoxy) is 3. The molecule has 0 radical (unpaired) electrons. The molecule has 0 bridgehead atoms. The number of hydrogen-bond donors (Lipinski definition) is 0. The minimum absolute atomic E-state index is 0.226. The molecule has 0 N–H and O–H groups in total. The van der Waals surface area contributed by atoms with E-state index in [4.69, 9.17) is 14.7 Å². The summed E-state index contributed by atoms with van der Waals surface area (Å²) in [6, 6.07) is 7.15. The number of nitrogens with zero attached hydrogens (tertiary/aromatic N) is 1. The van der Waals surface area contributed by atoms with E-state index in [0.717, 1.165) is 5.56 Å². The maximum atomic E-state index is 11.4. The second kappa shape index (κ2) is 6.50. The first-order valence-electron chi connectivity index (χ1n) is 5.34. The Balaban J connectivity index is 3.00. The third-order valence-electron chi connectivity index (χ3n) is 2.55. The highest BCUT2D eigenvalue weighted by molar-refractivity contribution is 5.75. The zero-order valence-corrected chi connectivity index (χ0v) is 10.6. The molecule has 1 aromatic carbocycles. The van der Waals surface area contributed by atoms with Gasteiger partial charge in [0.2, 0.25) is 0 Å². The summed E-state index contributed by atoms with van der Waals surface area (Å²) >= 11 is 0. The standard InChI is InChI=1S/C13H15NO4/c1-16-11-4-5-12(17-2)9(7-11)6-10(8-14)13(15)18-3/h4-5,7,10H,6H2,1-3H3. The van der Waals surface area contributed by atoms with Crippen molar-refractivity contribution in [3.63, 3.8) is 0 Å². The van der Waals surface area contributed by atoms with E-state index in [2.05, 4.69) is 4.74 Å². The number of esters is 1. The van der Waals surface area contributed by atoms with E-state index in [1.54, 1.807) is 25.3 Å².